The number of amides is 1. The van der Waals surface area contributed by atoms with E-state index in [2.05, 4.69) is 9.89 Å². The van der Waals surface area contributed by atoms with Crippen LogP contribution in [0.5, 0.6) is 0 Å². The normalized spacial score (nSPS) is 16.1. The monoisotopic (exact) mass is 356 g/mol. The van der Waals surface area contributed by atoms with E-state index in [1.807, 2.05) is 36.9 Å². The van der Waals surface area contributed by atoms with Gasteiger partial charge in [0.2, 0.25) is 5.91 Å². The van der Waals surface area contributed by atoms with Crippen molar-refractivity contribution in [3.05, 3.63) is 23.2 Å². The lowest BCUT2D eigenvalue weighted by molar-refractivity contribution is -0.134. The molecule has 0 saturated carbocycles. The largest absolute Gasteiger partial charge is 0.386 e. The standard InChI is InChI=1S/C16H22Cl2N4O/c1-11(2)16(23)22-8-6-21(7-9-22)15-12(18)4-3-5-13(15)20-14(19)10-17/h3-5,11H,6-10H2,1-2H3,(H2,19,20). The van der Waals surface area contributed by atoms with E-state index >= 15 is 0 Å². The van der Waals surface area contributed by atoms with Crippen LogP contribution >= 0.6 is 23.2 Å². The Balaban J connectivity index is 2.19. The Hall–Kier alpha value is -1.46. The minimum atomic E-state index is 0.0190. The molecule has 1 saturated heterocycles. The van der Waals surface area contributed by atoms with E-state index in [-0.39, 0.29) is 17.7 Å². The summed E-state index contributed by atoms with van der Waals surface area (Å²) >= 11 is 12.1. The molecule has 1 amide bonds. The number of para-hydroxylation sites is 1. The number of rotatable bonds is 4. The Labute approximate surface area is 147 Å². The summed E-state index contributed by atoms with van der Waals surface area (Å²) in [5.41, 5.74) is 7.31. The smallest absolute Gasteiger partial charge is 0.225 e. The highest BCUT2D eigenvalue weighted by molar-refractivity contribution is 6.34. The lowest BCUT2D eigenvalue weighted by atomic mass is 10.1. The van der Waals surface area contributed by atoms with Crippen LogP contribution in [-0.4, -0.2) is 48.7 Å². The van der Waals surface area contributed by atoms with Gasteiger partial charge in [0.1, 0.15) is 5.84 Å². The topological polar surface area (TPSA) is 61.9 Å². The third kappa shape index (κ3) is 4.30. The molecule has 1 aliphatic heterocycles. The summed E-state index contributed by atoms with van der Waals surface area (Å²) in [4.78, 5) is 20.5. The van der Waals surface area contributed by atoms with Crippen molar-refractivity contribution in [1.29, 1.82) is 0 Å². The zero-order valence-corrected chi connectivity index (χ0v) is 14.9. The van der Waals surface area contributed by atoms with E-state index in [0.717, 1.165) is 5.69 Å². The van der Waals surface area contributed by atoms with E-state index in [1.54, 1.807) is 0 Å². The van der Waals surface area contributed by atoms with Crippen LogP contribution in [0.4, 0.5) is 11.4 Å². The predicted octanol–water partition coefficient (Wildman–Crippen LogP) is 2.87. The van der Waals surface area contributed by atoms with E-state index in [4.69, 9.17) is 28.9 Å². The number of halogens is 2. The fourth-order valence-corrected chi connectivity index (χ4v) is 2.96. The number of nitrogens with zero attached hydrogens (tertiary/aromatic N) is 3. The third-order valence-electron chi connectivity index (χ3n) is 3.77. The quantitative estimate of drug-likeness (QED) is 0.512. The lowest BCUT2D eigenvalue weighted by Gasteiger charge is -2.37. The van der Waals surface area contributed by atoms with Crippen molar-refractivity contribution in [3.63, 3.8) is 0 Å². The summed E-state index contributed by atoms with van der Waals surface area (Å²) in [6.45, 7) is 6.62. The Morgan fingerprint density at radius 2 is 1.96 bits per heavy atom. The first kappa shape index (κ1) is 17.9. The molecule has 1 heterocycles. The van der Waals surface area contributed by atoms with Crippen LogP contribution in [0.2, 0.25) is 5.02 Å². The first-order chi connectivity index (χ1) is 10.9. The Kier molecular flexibility index (Phi) is 6.13. The number of benzene rings is 1. The van der Waals surface area contributed by atoms with Crippen LogP contribution in [0.15, 0.2) is 23.2 Å². The summed E-state index contributed by atoms with van der Waals surface area (Å²) < 4.78 is 0. The number of carbonyl (C=O) groups is 1. The highest BCUT2D eigenvalue weighted by Crippen LogP contribution is 2.36. The van der Waals surface area contributed by atoms with E-state index < -0.39 is 0 Å². The maximum atomic E-state index is 12.1. The molecule has 126 valence electrons. The maximum Gasteiger partial charge on any atom is 0.225 e. The van der Waals surface area contributed by atoms with Crippen LogP contribution in [0.3, 0.4) is 0 Å². The van der Waals surface area contributed by atoms with Gasteiger partial charge in [-0.15, -0.1) is 11.6 Å². The van der Waals surface area contributed by atoms with Crippen molar-refractivity contribution < 1.29 is 4.79 Å². The van der Waals surface area contributed by atoms with Crippen molar-refractivity contribution in [1.82, 2.24) is 4.90 Å². The number of alkyl halides is 1. The molecule has 0 atom stereocenters. The molecule has 0 bridgehead atoms. The second-order valence-corrected chi connectivity index (χ2v) is 6.49. The summed E-state index contributed by atoms with van der Waals surface area (Å²) in [5, 5.41) is 0.622. The van der Waals surface area contributed by atoms with Gasteiger partial charge in [-0.05, 0) is 12.1 Å². The Morgan fingerprint density at radius 3 is 2.52 bits per heavy atom. The highest BCUT2D eigenvalue weighted by atomic mass is 35.5. The average Bonchev–Trinajstić information content (AvgIpc) is 2.54. The van der Waals surface area contributed by atoms with Gasteiger partial charge in [-0.2, -0.15) is 0 Å². The Morgan fingerprint density at radius 1 is 1.30 bits per heavy atom. The van der Waals surface area contributed by atoms with Gasteiger partial charge in [-0.1, -0.05) is 31.5 Å². The molecule has 1 aliphatic rings. The molecule has 0 spiro atoms. The zero-order chi connectivity index (χ0) is 17.0. The summed E-state index contributed by atoms with van der Waals surface area (Å²) in [6.07, 6.45) is 0. The number of nitrogens with two attached hydrogens (primary N) is 1. The van der Waals surface area contributed by atoms with Crippen LogP contribution in [0, 0.1) is 5.92 Å². The van der Waals surface area contributed by atoms with Crippen molar-refractivity contribution in [2.45, 2.75) is 13.8 Å². The molecule has 0 radical (unpaired) electrons. The van der Waals surface area contributed by atoms with E-state index in [9.17, 15) is 4.79 Å². The molecule has 1 aromatic carbocycles. The molecule has 0 aromatic heterocycles. The number of carbonyl (C=O) groups excluding carboxylic acids is 1. The maximum absolute atomic E-state index is 12.1. The molecule has 5 nitrogen and oxygen atoms in total. The summed E-state index contributed by atoms with van der Waals surface area (Å²) in [6, 6.07) is 5.54. The molecule has 0 aliphatic carbocycles. The number of aliphatic imine (C=N–C) groups is 1. The van der Waals surface area contributed by atoms with Gasteiger partial charge in [0.15, 0.2) is 0 Å². The minimum absolute atomic E-state index is 0.0190. The second kappa shape index (κ2) is 7.88. The number of piperazine rings is 1. The molecule has 7 heteroatoms. The molecule has 23 heavy (non-hydrogen) atoms. The number of hydrogen-bond acceptors (Lipinski definition) is 3. The van der Waals surface area contributed by atoms with E-state index in [1.165, 1.54) is 0 Å². The molecule has 2 N–H and O–H groups in total. The van der Waals surface area contributed by atoms with Crippen molar-refractivity contribution in [3.8, 4) is 0 Å². The summed E-state index contributed by atoms with van der Waals surface area (Å²) in [5.74, 6) is 0.727. The predicted molar refractivity (Wildman–Crippen MR) is 97.1 cm³/mol. The minimum Gasteiger partial charge on any atom is -0.386 e. The zero-order valence-electron chi connectivity index (χ0n) is 13.4. The van der Waals surface area contributed by atoms with Gasteiger partial charge in [0, 0.05) is 32.1 Å². The van der Waals surface area contributed by atoms with Crippen LogP contribution < -0.4 is 10.6 Å². The van der Waals surface area contributed by atoms with Crippen LogP contribution in [0.25, 0.3) is 0 Å². The molecular formula is C16H22Cl2N4O. The molecule has 1 aromatic rings. The summed E-state index contributed by atoms with van der Waals surface area (Å²) in [7, 11) is 0. The lowest BCUT2D eigenvalue weighted by Crippen LogP contribution is -2.50. The van der Waals surface area contributed by atoms with Crippen LogP contribution in [-0.2, 0) is 4.79 Å². The molecule has 2 rings (SSSR count). The van der Waals surface area contributed by atoms with Gasteiger partial charge < -0.3 is 15.5 Å². The fourth-order valence-electron chi connectivity index (χ4n) is 2.61. The van der Waals surface area contributed by atoms with E-state index in [0.29, 0.717) is 42.7 Å². The first-order valence-corrected chi connectivity index (χ1v) is 8.56. The van der Waals surface area contributed by atoms with Crippen molar-refractivity contribution >= 4 is 46.3 Å². The number of hydrogen-bond donors (Lipinski definition) is 1. The van der Waals surface area contributed by atoms with Gasteiger partial charge in [-0.3, -0.25) is 4.79 Å². The molecule has 1 fully saturated rings. The molecule has 0 unspecified atom stereocenters. The third-order valence-corrected chi connectivity index (χ3v) is 4.35. The second-order valence-electron chi connectivity index (χ2n) is 5.81. The fraction of sp³-hybridized carbons (Fsp3) is 0.500. The number of amidine groups is 1. The highest BCUT2D eigenvalue weighted by Gasteiger charge is 2.25. The van der Waals surface area contributed by atoms with Gasteiger partial charge in [-0.25, -0.2) is 4.99 Å². The average molecular weight is 357 g/mol. The SMILES string of the molecule is CC(C)C(=O)N1CCN(c2c(Cl)cccc2N=C(N)CCl)CC1. The van der Waals surface area contributed by atoms with Gasteiger partial charge in [0.05, 0.1) is 22.3 Å². The van der Waals surface area contributed by atoms with Crippen molar-refractivity contribution in [2.75, 3.05) is 37.0 Å². The number of anilines is 1. The van der Waals surface area contributed by atoms with Gasteiger partial charge >= 0.3 is 0 Å². The van der Waals surface area contributed by atoms with Crippen LogP contribution in [0.1, 0.15) is 13.8 Å². The van der Waals surface area contributed by atoms with Crippen molar-refractivity contribution in [2.24, 2.45) is 16.6 Å². The Bertz CT molecular complexity index is 596. The van der Waals surface area contributed by atoms with Gasteiger partial charge in [0.25, 0.3) is 0 Å². The molecular weight excluding hydrogens is 335 g/mol. The first-order valence-electron chi connectivity index (χ1n) is 7.65.